The van der Waals surface area contributed by atoms with Crippen LogP contribution in [0.4, 0.5) is 0 Å². The van der Waals surface area contributed by atoms with Gasteiger partial charge in [-0.1, -0.05) is 46.2 Å². The predicted molar refractivity (Wildman–Crippen MR) is 70.2 cm³/mol. The van der Waals surface area contributed by atoms with Gasteiger partial charge in [0.1, 0.15) is 5.75 Å². The molecule has 0 spiro atoms. The van der Waals surface area contributed by atoms with E-state index in [9.17, 15) is 4.79 Å². The van der Waals surface area contributed by atoms with Gasteiger partial charge in [0.25, 0.3) is 0 Å². The highest BCUT2D eigenvalue weighted by atomic mass is 16.5. The zero-order chi connectivity index (χ0) is 12.8. The second-order valence-electron chi connectivity index (χ2n) is 4.83. The fraction of sp³-hybridized carbons (Fsp3) is 0.533. The molecule has 1 aromatic rings. The van der Waals surface area contributed by atoms with Crippen LogP contribution < -0.4 is 4.74 Å². The Balaban J connectivity index is 2.60. The van der Waals surface area contributed by atoms with Crippen molar-refractivity contribution in [2.45, 2.75) is 46.5 Å². The minimum absolute atomic E-state index is 0.0234. The number of rotatable bonds is 5. The lowest BCUT2D eigenvalue weighted by Gasteiger charge is -2.11. The first kappa shape index (κ1) is 13.8. The van der Waals surface area contributed by atoms with E-state index < -0.39 is 0 Å². The molecule has 0 aliphatic heterocycles. The van der Waals surface area contributed by atoms with Crippen molar-refractivity contribution in [2.75, 3.05) is 0 Å². The van der Waals surface area contributed by atoms with Gasteiger partial charge in [-0.2, -0.15) is 0 Å². The largest absolute Gasteiger partial charge is 0.426 e. The fourth-order valence-corrected chi connectivity index (χ4v) is 1.69. The van der Waals surface area contributed by atoms with Crippen molar-refractivity contribution >= 4 is 5.97 Å². The Morgan fingerprint density at radius 1 is 1.18 bits per heavy atom. The van der Waals surface area contributed by atoms with E-state index in [4.69, 9.17) is 4.74 Å². The summed E-state index contributed by atoms with van der Waals surface area (Å²) in [6.07, 6.45) is 1.88. The summed E-state index contributed by atoms with van der Waals surface area (Å²) in [6.45, 7) is 8.27. The Morgan fingerprint density at radius 2 is 1.76 bits per heavy atom. The molecule has 0 aromatic heterocycles. The Labute approximate surface area is 104 Å². The monoisotopic (exact) mass is 234 g/mol. The Kier molecular flexibility index (Phi) is 5.20. The highest BCUT2D eigenvalue weighted by Gasteiger charge is 2.14. The van der Waals surface area contributed by atoms with Gasteiger partial charge in [0, 0.05) is 0 Å². The van der Waals surface area contributed by atoms with Gasteiger partial charge in [0.15, 0.2) is 0 Å². The summed E-state index contributed by atoms with van der Waals surface area (Å²) in [7, 11) is 0. The maximum Gasteiger partial charge on any atom is 0.314 e. The van der Waals surface area contributed by atoms with Crippen LogP contribution in [0.5, 0.6) is 5.75 Å². The van der Waals surface area contributed by atoms with Crippen LogP contribution in [0.25, 0.3) is 0 Å². The van der Waals surface area contributed by atoms with Crippen LogP contribution >= 0.6 is 0 Å². The van der Waals surface area contributed by atoms with E-state index in [1.807, 2.05) is 31.2 Å². The molecule has 0 saturated heterocycles. The summed E-state index contributed by atoms with van der Waals surface area (Å²) in [5, 5.41) is 0. The molecule has 2 heteroatoms. The zero-order valence-electron chi connectivity index (χ0n) is 11.2. The SMILES string of the molecule is CCCC(C)C(=O)Oc1ccc(C(C)C)cc1. The van der Waals surface area contributed by atoms with Crippen LogP contribution in [0.2, 0.25) is 0 Å². The summed E-state index contributed by atoms with van der Waals surface area (Å²) in [6, 6.07) is 7.76. The van der Waals surface area contributed by atoms with E-state index in [1.165, 1.54) is 5.56 Å². The third kappa shape index (κ3) is 4.22. The molecule has 1 atom stereocenters. The molecule has 17 heavy (non-hydrogen) atoms. The fourth-order valence-electron chi connectivity index (χ4n) is 1.69. The summed E-state index contributed by atoms with van der Waals surface area (Å²) in [5.41, 5.74) is 1.26. The molecule has 0 amide bonds. The van der Waals surface area contributed by atoms with E-state index in [1.54, 1.807) is 0 Å². The van der Waals surface area contributed by atoms with Crippen molar-refractivity contribution in [2.24, 2.45) is 5.92 Å². The van der Waals surface area contributed by atoms with Gasteiger partial charge >= 0.3 is 5.97 Å². The van der Waals surface area contributed by atoms with Crippen molar-refractivity contribution in [1.29, 1.82) is 0 Å². The van der Waals surface area contributed by atoms with Gasteiger partial charge in [-0.15, -0.1) is 0 Å². The Hall–Kier alpha value is -1.31. The molecule has 0 fully saturated rings. The number of carbonyl (C=O) groups excluding carboxylic acids is 1. The van der Waals surface area contributed by atoms with E-state index in [0.29, 0.717) is 11.7 Å². The summed E-state index contributed by atoms with van der Waals surface area (Å²) in [4.78, 5) is 11.7. The molecule has 0 aliphatic rings. The van der Waals surface area contributed by atoms with Crippen LogP contribution in [-0.2, 0) is 4.79 Å². The van der Waals surface area contributed by atoms with Gasteiger partial charge in [0.05, 0.1) is 5.92 Å². The first-order valence-corrected chi connectivity index (χ1v) is 6.36. The summed E-state index contributed by atoms with van der Waals surface area (Å²) < 4.78 is 5.32. The van der Waals surface area contributed by atoms with Crippen LogP contribution in [0.1, 0.15) is 52.0 Å². The number of benzene rings is 1. The minimum Gasteiger partial charge on any atom is -0.426 e. The molecule has 0 N–H and O–H groups in total. The molecule has 1 rings (SSSR count). The second kappa shape index (κ2) is 6.43. The molecule has 94 valence electrons. The standard InChI is InChI=1S/C15H22O2/c1-5-6-12(4)15(16)17-14-9-7-13(8-10-14)11(2)3/h7-12H,5-6H2,1-4H3. The van der Waals surface area contributed by atoms with Crippen LogP contribution in [-0.4, -0.2) is 5.97 Å². The van der Waals surface area contributed by atoms with Crippen LogP contribution in [0.3, 0.4) is 0 Å². The number of ether oxygens (including phenoxy) is 1. The lowest BCUT2D eigenvalue weighted by molar-refractivity contribution is -0.138. The van der Waals surface area contributed by atoms with Crippen molar-refractivity contribution in [3.63, 3.8) is 0 Å². The average molecular weight is 234 g/mol. The molecule has 0 bridgehead atoms. The highest BCUT2D eigenvalue weighted by Crippen LogP contribution is 2.19. The molecule has 0 radical (unpaired) electrons. The highest BCUT2D eigenvalue weighted by molar-refractivity contribution is 5.74. The van der Waals surface area contributed by atoms with Gasteiger partial charge < -0.3 is 4.74 Å². The lowest BCUT2D eigenvalue weighted by Crippen LogP contribution is -2.17. The summed E-state index contributed by atoms with van der Waals surface area (Å²) >= 11 is 0. The second-order valence-corrected chi connectivity index (χ2v) is 4.83. The first-order chi connectivity index (χ1) is 8.04. The van der Waals surface area contributed by atoms with Gasteiger partial charge in [-0.3, -0.25) is 4.79 Å². The van der Waals surface area contributed by atoms with Gasteiger partial charge in [0.2, 0.25) is 0 Å². The summed E-state index contributed by atoms with van der Waals surface area (Å²) in [5.74, 6) is 0.982. The maximum absolute atomic E-state index is 11.7. The predicted octanol–water partition coefficient (Wildman–Crippen LogP) is 4.15. The van der Waals surface area contributed by atoms with E-state index in [-0.39, 0.29) is 11.9 Å². The number of hydrogen-bond acceptors (Lipinski definition) is 2. The third-order valence-corrected chi connectivity index (χ3v) is 2.89. The van der Waals surface area contributed by atoms with Gasteiger partial charge in [-0.05, 0) is 30.0 Å². The quantitative estimate of drug-likeness (QED) is 0.565. The molecular formula is C15H22O2. The van der Waals surface area contributed by atoms with Gasteiger partial charge in [-0.25, -0.2) is 0 Å². The normalized spacial score (nSPS) is 12.5. The van der Waals surface area contributed by atoms with E-state index in [2.05, 4.69) is 20.8 Å². The number of hydrogen-bond donors (Lipinski definition) is 0. The molecule has 0 aliphatic carbocycles. The van der Waals surface area contributed by atoms with Crippen molar-refractivity contribution in [3.05, 3.63) is 29.8 Å². The molecular weight excluding hydrogens is 212 g/mol. The van der Waals surface area contributed by atoms with Crippen molar-refractivity contribution in [1.82, 2.24) is 0 Å². The Bertz CT molecular complexity index is 352. The molecule has 0 heterocycles. The van der Waals surface area contributed by atoms with E-state index >= 15 is 0 Å². The molecule has 2 nitrogen and oxygen atoms in total. The average Bonchev–Trinajstić information content (AvgIpc) is 2.30. The smallest absolute Gasteiger partial charge is 0.314 e. The first-order valence-electron chi connectivity index (χ1n) is 6.36. The number of carbonyl (C=O) groups is 1. The van der Waals surface area contributed by atoms with Crippen LogP contribution in [0, 0.1) is 5.92 Å². The molecule has 1 unspecified atom stereocenters. The number of esters is 1. The maximum atomic E-state index is 11.7. The minimum atomic E-state index is -0.135. The third-order valence-electron chi connectivity index (χ3n) is 2.89. The Morgan fingerprint density at radius 3 is 2.24 bits per heavy atom. The lowest BCUT2D eigenvalue weighted by atomic mass is 10.0. The molecule has 1 aromatic carbocycles. The van der Waals surface area contributed by atoms with Crippen molar-refractivity contribution in [3.8, 4) is 5.75 Å². The molecule has 0 saturated carbocycles. The zero-order valence-corrected chi connectivity index (χ0v) is 11.2. The van der Waals surface area contributed by atoms with Crippen LogP contribution in [0.15, 0.2) is 24.3 Å². The topological polar surface area (TPSA) is 26.3 Å². The van der Waals surface area contributed by atoms with E-state index in [0.717, 1.165) is 12.8 Å². The van der Waals surface area contributed by atoms with Crippen molar-refractivity contribution < 1.29 is 9.53 Å².